The summed E-state index contributed by atoms with van der Waals surface area (Å²) in [4.78, 5) is 29.3. The Bertz CT molecular complexity index is 720. The smallest absolute Gasteiger partial charge is 0.164 e. The predicted octanol–water partition coefficient (Wildman–Crippen LogP) is 2.55. The maximum atomic E-state index is 9.10. The van der Waals surface area contributed by atoms with E-state index in [2.05, 4.69) is 14.9 Å². The standard InChI is InChI=1S/C17H24N3O4P/c1-23-13-9-14-16(15(10-13)24-2)18-11-19-17(14)20-6-3-12(4-7-20)5-8-25(21)22/h9-12,21-22H,3-8H2,1-2H3. The van der Waals surface area contributed by atoms with Gasteiger partial charge < -0.3 is 24.2 Å². The molecule has 0 aliphatic carbocycles. The van der Waals surface area contributed by atoms with Crippen molar-refractivity contribution in [2.45, 2.75) is 19.3 Å². The Morgan fingerprint density at radius 3 is 2.56 bits per heavy atom. The van der Waals surface area contributed by atoms with Crippen molar-refractivity contribution in [3.63, 3.8) is 0 Å². The molecule has 136 valence electrons. The van der Waals surface area contributed by atoms with Crippen LogP contribution >= 0.6 is 8.38 Å². The van der Waals surface area contributed by atoms with Crippen LogP contribution in [0.25, 0.3) is 10.9 Å². The summed E-state index contributed by atoms with van der Waals surface area (Å²) in [6.07, 6.45) is 5.00. The predicted molar refractivity (Wildman–Crippen MR) is 98.4 cm³/mol. The summed E-state index contributed by atoms with van der Waals surface area (Å²) in [5, 5.41) is 0.923. The zero-order chi connectivity index (χ0) is 17.8. The number of hydrogen-bond acceptors (Lipinski definition) is 7. The third-order valence-electron chi connectivity index (χ3n) is 4.76. The Balaban J connectivity index is 1.82. The van der Waals surface area contributed by atoms with Gasteiger partial charge in [0.1, 0.15) is 29.2 Å². The van der Waals surface area contributed by atoms with Gasteiger partial charge in [0, 0.05) is 25.3 Å². The Morgan fingerprint density at radius 1 is 1.16 bits per heavy atom. The van der Waals surface area contributed by atoms with Crippen LogP contribution < -0.4 is 14.4 Å². The highest BCUT2D eigenvalue weighted by molar-refractivity contribution is 7.45. The lowest BCUT2D eigenvalue weighted by molar-refractivity contribution is 0.386. The maximum absolute atomic E-state index is 9.10. The summed E-state index contributed by atoms with van der Waals surface area (Å²) >= 11 is 0. The highest BCUT2D eigenvalue weighted by Crippen LogP contribution is 2.36. The summed E-state index contributed by atoms with van der Waals surface area (Å²) < 4.78 is 10.8. The molecule has 0 saturated carbocycles. The van der Waals surface area contributed by atoms with Gasteiger partial charge in [0.25, 0.3) is 0 Å². The number of hydrogen-bond donors (Lipinski definition) is 2. The molecule has 25 heavy (non-hydrogen) atoms. The number of rotatable bonds is 6. The molecular weight excluding hydrogens is 341 g/mol. The SMILES string of the molecule is COc1cc(OC)c2ncnc(N3CCC(CCP(O)O)CC3)c2c1. The minimum Gasteiger partial charge on any atom is -0.497 e. The van der Waals surface area contributed by atoms with E-state index in [4.69, 9.17) is 19.3 Å². The van der Waals surface area contributed by atoms with Gasteiger partial charge in [-0.25, -0.2) is 9.97 Å². The van der Waals surface area contributed by atoms with Crippen LogP contribution in [-0.2, 0) is 0 Å². The van der Waals surface area contributed by atoms with E-state index in [-0.39, 0.29) is 0 Å². The summed E-state index contributed by atoms with van der Waals surface area (Å²) in [6.45, 7) is 1.79. The van der Waals surface area contributed by atoms with E-state index < -0.39 is 8.38 Å². The average molecular weight is 365 g/mol. The van der Waals surface area contributed by atoms with Crippen LogP contribution in [0.2, 0.25) is 0 Å². The fourth-order valence-corrected chi connectivity index (χ4v) is 3.95. The van der Waals surface area contributed by atoms with Crippen LogP contribution in [0.1, 0.15) is 19.3 Å². The molecule has 1 aromatic carbocycles. The van der Waals surface area contributed by atoms with Gasteiger partial charge in [0.15, 0.2) is 8.38 Å². The van der Waals surface area contributed by atoms with Crippen molar-refractivity contribution < 1.29 is 19.3 Å². The van der Waals surface area contributed by atoms with Crippen LogP contribution in [0.4, 0.5) is 5.82 Å². The maximum Gasteiger partial charge on any atom is 0.164 e. The third-order valence-corrected chi connectivity index (χ3v) is 5.42. The number of benzene rings is 1. The van der Waals surface area contributed by atoms with Crippen LogP contribution in [0, 0.1) is 5.92 Å². The topological polar surface area (TPSA) is 87.9 Å². The third kappa shape index (κ3) is 4.11. The molecule has 2 heterocycles. The van der Waals surface area contributed by atoms with E-state index in [1.165, 1.54) is 0 Å². The molecule has 1 aliphatic heterocycles. The van der Waals surface area contributed by atoms with Gasteiger partial charge in [0.2, 0.25) is 0 Å². The molecule has 8 heteroatoms. The van der Waals surface area contributed by atoms with E-state index in [0.29, 0.717) is 17.8 Å². The molecule has 1 aromatic heterocycles. The lowest BCUT2D eigenvalue weighted by atomic mass is 9.94. The second-order valence-corrected chi connectivity index (χ2v) is 7.43. The monoisotopic (exact) mass is 365 g/mol. The average Bonchev–Trinajstić information content (AvgIpc) is 2.65. The molecular formula is C17H24N3O4P. The molecule has 3 rings (SSSR count). The summed E-state index contributed by atoms with van der Waals surface area (Å²) in [7, 11) is 1.48. The van der Waals surface area contributed by atoms with Gasteiger partial charge in [0.05, 0.1) is 19.6 Å². The molecule has 1 aliphatic rings. The fourth-order valence-electron chi connectivity index (χ4n) is 3.35. The molecule has 0 unspecified atom stereocenters. The van der Waals surface area contributed by atoms with E-state index >= 15 is 0 Å². The molecule has 2 N–H and O–H groups in total. The number of methoxy groups -OCH3 is 2. The van der Waals surface area contributed by atoms with E-state index in [1.54, 1.807) is 20.5 Å². The first kappa shape index (κ1) is 18.1. The molecule has 0 atom stereocenters. The van der Waals surface area contributed by atoms with Gasteiger partial charge in [-0.1, -0.05) is 0 Å². The van der Waals surface area contributed by atoms with Crippen LogP contribution in [0.15, 0.2) is 18.5 Å². The number of piperidine rings is 1. The zero-order valence-corrected chi connectivity index (χ0v) is 15.4. The van der Waals surface area contributed by atoms with Crippen molar-refractivity contribution in [1.29, 1.82) is 0 Å². The highest BCUT2D eigenvalue weighted by Gasteiger charge is 2.23. The zero-order valence-electron chi connectivity index (χ0n) is 14.6. The summed E-state index contributed by atoms with van der Waals surface area (Å²) in [5.41, 5.74) is 0.779. The number of aromatic nitrogens is 2. The van der Waals surface area contributed by atoms with Crippen LogP contribution in [-0.4, -0.2) is 53.2 Å². The number of fused-ring (bicyclic) bond motifs is 1. The fraction of sp³-hybridized carbons (Fsp3) is 0.529. The van der Waals surface area contributed by atoms with Crippen molar-refractivity contribution in [3.05, 3.63) is 18.5 Å². The number of nitrogens with zero attached hydrogens (tertiary/aromatic N) is 3. The minimum atomic E-state index is -1.78. The molecule has 1 saturated heterocycles. The molecule has 1 fully saturated rings. The summed E-state index contributed by atoms with van der Waals surface area (Å²) in [6, 6.07) is 3.78. The Hall–Kier alpha value is -1.69. The van der Waals surface area contributed by atoms with E-state index in [1.807, 2.05) is 12.1 Å². The Morgan fingerprint density at radius 2 is 1.92 bits per heavy atom. The van der Waals surface area contributed by atoms with Crippen molar-refractivity contribution in [1.82, 2.24) is 9.97 Å². The van der Waals surface area contributed by atoms with Gasteiger partial charge >= 0.3 is 0 Å². The van der Waals surface area contributed by atoms with Crippen molar-refractivity contribution in [2.24, 2.45) is 5.92 Å². The second kappa shape index (κ2) is 8.13. The number of ether oxygens (including phenoxy) is 2. The van der Waals surface area contributed by atoms with Crippen molar-refractivity contribution in [2.75, 3.05) is 38.4 Å². The van der Waals surface area contributed by atoms with Gasteiger partial charge in [-0.2, -0.15) is 0 Å². The van der Waals surface area contributed by atoms with Crippen LogP contribution in [0.3, 0.4) is 0 Å². The Labute approximate surface area is 148 Å². The first-order valence-electron chi connectivity index (χ1n) is 8.39. The molecule has 0 amide bonds. The quantitative estimate of drug-likeness (QED) is 0.761. The first-order chi connectivity index (χ1) is 12.1. The largest absolute Gasteiger partial charge is 0.497 e. The highest BCUT2D eigenvalue weighted by atomic mass is 31.2. The Kier molecular flexibility index (Phi) is 5.89. The van der Waals surface area contributed by atoms with Gasteiger partial charge in [-0.3, -0.25) is 0 Å². The molecule has 7 nitrogen and oxygen atoms in total. The normalized spacial score (nSPS) is 15.8. The molecule has 2 aromatic rings. The second-order valence-electron chi connectivity index (χ2n) is 6.24. The van der Waals surface area contributed by atoms with Crippen molar-refractivity contribution in [3.8, 4) is 11.5 Å². The van der Waals surface area contributed by atoms with Crippen LogP contribution in [0.5, 0.6) is 11.5 Å². The van der Waals surface area contributed by atoms with Gasteiger partial charge in [-0.15, -0.1) is 0 Å². The van der Waals surface area contributed by atoms with E-state index in [0.717, 1.165) is 54.8 Å². The number of anilines is 1. The summed E-state index contributed by atoms with van der Waals surface area (Å²) in [5.74, 6) is 2.83. The van der Waals surface area contributed by atoms with Gasteiger partial charge in [-0.05, 0) is 31.2 Å². The minimum absolute atomic E-state index is 0.505. The molecule has 0 spiro atoms. The van der Waals surface area contributed by atoms with Crippen molar-refractivity contribution >= 4 is 25.1 Å². The lowest BCUT2D eigenvalue weighted by Gasteiger charge is -2.33. The lowest BCUT2D eigenvalue weighted by Crippen LogP contribution is -2.34. The molecule has 0 bridgehead atoms. The molecule has 0 radical (unpaired) electrons. The van der Waals surface area contributed by atoms with E-state index in [9.17, 15) is 0 Å². The first-order valence-corrected chi connectivity index (χ1v) is 9.82.